The molecule has 17 heavy (non-hydrogen) atoms. The highest BCUT2D eigenvalue weighted by Gasteiger charge is 2.22. The van der Waals surface area contributed by atoms with Crippen molar-refractivity contribution in [2.75, 3.05) is 5.32 Å². The minimum atomic E-state index is -0.663. The van der Waals surface area contributed by atoms with Gasteiger partial charge in [0.25, 0.3) is 0 Å². The normalized spacial score (nSPS) is 24.2. The SMILES string of the molecule is O=C(O)CC1CCC(Nc2ccccc2)CC1. The molecule has 1 aliphatic rings. The van der Waals surface area contributed by atoms with Gasteiger partial charge >= 0.3 is 5.97 Å². The van der Waals surface area contributed by atoms with Crippen LogP contribution in [-0.4, -0.2) is 17.1 Å². The molecule has 1 aliphatic carbocycles. The summed E-state index contributed by atoms with van der Waals surface area (Å²) in [6.45, 7) is 0. The number of para-hydroxylation sites is 1. The van der Waals surface area contributed by atoms with E-state index < -0.39 is 5.97 Å². The Morgan fingerprint density at radius 3 is 2.41 bits per heavy atom. The molecular weight excluding hydrogens is 214 g/mol. The van der Waals surface area contributed by atoms with E-state index in [1.54, 1.807) is 0 Å². The Morgan fingerprint density at radius 2 is 1.82 bits per heavy atom. The van der Waals surface area contributed by atoms with Crippen molar-refractivity contribution >= 4 is 11.7 Å². The molecule has 1 fully saturated rings. The highest BCUT2D eigenvalue weighted by Crippen LogP contribution is 2.28. The molecule has 1 aromatic rings. The third-order valence-electron chi connectivity index (χ3n) is 3.45. The summed E-state index contributed by atoms with van der Waals surface area (Å²) in [6, 6.07) is 10.7. The number of hydrogen-bond donors (Lipinski definition) is 2. The van der Waals surface area contributed by atoms with Crippen molar-refractivity contribution < 1.29 is 9.90 Å². The smallest absolute Gasteiger partial charge is 0.303 e. The highest BCUT2D eigenvalue weighted by atomic mass is 16.4. The van der Waals surface area contributed by atoms with Crippen LogP contribution in [0.2, 0.25) is 0 Å². The lowest BCUT2D eigenvalue weighted by Gasteiger charge is -2.29. The van der Waals surface area contributed by atoms with E-state index in [1.807, 2.05) is 18.2 Å². The molecule has 92 valence electrons. The summed E-state index contributed by atoms with van der Waals surface area (Å²) in [5.41, 5.74) is 1.16. The standard InChI is InChI=1S/C14H19NO2/c16-14(17)10-11-6-8-13(9-7-11)15-12-4-2-1-3-5-12/h1-5,11,13,15H,6-10H2,(H,16,17). The Hall–Kier alpha value is -1.51. The van der Waals surface area contributed by atoms with Gasteiger partial charge in [0.05, 0.1) is 0 Å². The average molecular weight is 233 g/mol. The van der Waals surface area contributed by atoms with Crippen LogP contribution in [0.15, 0.2) is 30.3 Å². The largest absolute Gasteiger partial charge is 0.481 e. The first kappa shape index (κ1) is 12.0. The van der Waals surface area contributed by atoms with E-state index in [0.717, 1.165) is 31.4 Å². The maximum atomic E-state index is 10.6. The van der Waals surface area contributed by atoms with E-state index in [0.29, 0.717) is 18.4 Å². The van der Waals surface area contributed by atoms with Crippen molar-refractivity contribution in [3.8, 4) is 0 Å². The molecule has 0 bridgehead atoms. The number of carboxylic acid groups (broad SMARTS) is 1. The fourth-order valence-electron chi connectivity index (χ4n) is 2.53. The van der Waals surface area contributed by atoms with Crippen LogP contribution in [0.3, 0.4) is 0 Å². The van der Waals surface area contributed by atoms with Gasteiger partial charge in [-0.3, -0.25) is 4.79 Å². The molecule has 1 saturated carbocycles. The first-order valence-corrected chi connectivity index (χ1v) is 6.27. The van der Waals surface area contributed by atoms with E-state index in [2.05, 4.69) is 17.4 Å². The van der Waals surface area contributed by atoms with Crippen LogP contribution < -0.4 is 5.32 Å². The molecule has 3 heteroatoms. The van der Waals surface area contributed by atoms with E-state index in [-0.39, 0.29) is 0 Å². The van der Waals surface area contributed by atoms with Gasteiger partial charge in [0.1, 0.15) is 0 Å². The van der Waals surface area contributed by atoms with Crippen LogP contribution in [0, 0.1) is 5.92 Å². The first-order chi connectivity index (χ1) is 8.24. The fourth-order valence-corrected chi connectivity index (χ4v) is 2.53. The maximum Gasteiger partial charge on any atom is 0.303 e. The second-order valence-electron chi connectivity index (χ2n) is 4.83. The molecule has 0 amide bonds. The second-order valence-corrected chi connectivity index (χ2v) is 4.83. The number of anilines is 1. The molecule has 0 heterocycles. The quantitative estimate of drug-likeness (QED) is 0.840. The molecule has 2 N–H and O–H groups in total. The lowest BCUT2D eigenvalue weighted by Crippen LogP contribution is -2.26. The lowest BCUT2D eigenvalue weighted by atomic mass is 9.84. The predicted octanol–water partition coefficient (Wildman–Crippen LogP) is 3.13. The zero-order chi connectivity index (χ0) is 12.1. The molecule has 0 aliphatic heterocycles. The molecule has 0 aromatic heterocycles. The summed E-state index contributed by atoms with van der Waals surface area (Å²) in [4.78, 5) is 10.6. The van der Waals surface area contributed by atoms with Gasteiger partial charge < -0.3 is 10.4 Å². The van der Waals surface area contributed by atoms with Crippen LogP contribution in [0.25, 0.3) is 0 Å². The van der Waals surface area contributed by atoms with Crippen molar-refractivity contribution in [3.63, 3.8) is 0 Å². The monoisotopic (exact) mass is 233 g/mol. The number of nitrogens with one attached hydrogen (secondary N) is 1. The number of hydrogen-bond acceptors (Lipinski definition) is 2. The summed E-state index contributed by atoms with van der Waals surface area (Å²) >= 11 is 0. The second kappa shape index (κ2) is 5.71. The number of rotatable bonds is 4. The molecule has 0 spiro atoms. The summed E-state index contributed by atoms with van der Waals surface area (Å²) in [5, 5.41) is 12.3. The molecule has 0 atom stereocenters. The molecule has 3 nitrogen and oxygen atoms in total. The minimum absolute atomic E-state index is 0.331. The lowest BCUT2D eigenvalue weighted by molar-refractivity contribution is -0.138. The summed E-state index contributed by atoms with van der Waals surface area (Å²) in [7, 11) is 0. The van der Waals surface area contributed by atoms with Gasteiger partial charge in [0.2, 0.25) is 0 Å². The number of benzene rings is 1. The molecule has 1 aromatic carbocycles. The third-order valence-corrected chi connectivity index (χ3v) is 3.45. The van der Waals surface area contributed by atoms with Crippen LogP contribution in [0.1, 0.15) is 32.1 Å². The van der Waals surface area contributed by atoms with Crippen molar-refractivity contribution in [2.24, 2.45) is 5.92 Å². The summed E-state index contributed by atoms with van der Waals surface area (Å²) in [6.07, 6.45) is 4.53. The molecule has 2 rings (SSSR count). The number of aliphatic carboxylic acids is 1. The fraction of sp³-hybridized carbons (Fsp3) is 0.500. The van der Waals surface area contributed by atoms with Crippen molar-refractivity contribution in [2.45, 2.75) is 38.1 Å². The third kappa shape index (κ3) is 3.77. The Kier molecular flexibility index (Phi) is 4.02. The topological polar surface area (TPSA) is 49.3 Å². The van der Waals surface area contributed by atoms with Crippen LogP contribution >= 0.6 is 0 Å². The number of carboxylic acids is 1. The zero-order valence-electron chi connectivity index (χ0n) is 9.93. The molecule has 0 unspecified atom stereocenters. The average Bonchev–Trinajstić information content (AvgIpc) is 2.32. The Bertz CT molecular complexity index is 356. The first-order valence-electron chi connectivity index (χ1n) is 6.27. The van der Waals surface area contributed by atoms with Gasteiger partial charge in [-0.2, -0.15) is 0 Å². The zero-order valence-corrected chi connectivity index (χ0v) is 9.93. The van der Waals surface area contributed by atoms with Crippen molar-refractivity contribution in [1.29, 1.82) is 0 Å². The highest BCUT2D eigenvalue weighted by molar-refractivity contribution is 5.67. The van der Waals surface area contributed by atoms with E-state index >= 15 is 0 Å². The van der Waals surface area contributed by atoms with Crippen LogP contribution in [0.4, 0.5) is 5.69 Å². The van der Waals surface area contributed by atoms with E-state index in [1.165, 1.54) is 0 Å². The van der Waals surface area contributed by atoms with Gasteiger partial charge in [-0.25, -0.2) is 0 Å². The summed E-state index contributed by atoms with van der Waals surface area (Å²) in [5.74, 6) is -0.286. The van der Waals surface area contributed by atoms with Gasteiger partial charge in [-0.15, -0.1) is 0 Å². The van der Waals surface area contributed by atoms with Gasteiger partial charge in [-0.1, -0.05) is 18.2 Å². The Morgan fingerprint density at radius 1 is 1.18 bits per heavy atom. The van der Waals surface area contributed by atoms with E-state index in [4.69, 9.17) is 5.11 Å². The minimum Gasteiger partial charge on any atom is -0.481 e. The maximum absolute atomic E-state index is 10.6. The van der Waals surface area contributed by atoms with Crippen LogP contribution in [-0.2, 0) is 4.79 Å². The van der Waals surface area contributed by atoms with Gasteiger partial charge in [-0.05, 0) is 43.7 Å². The Balaban J connectivity index is 1.78. The molecule has 0 radical (unpaired) electrons. The van der Waals surface area contributed by atoms with E-state index in [9.17, 15) is 4.79 Å². The number of carbonyl (C=O) groups is 1. The summed E-state index contributed by atoms with van der Waals surface area (Å²) < 4.78 is 0. The van der Waals surface area contributed by atoms with Crippen LogP contribution in [0.5, 0.6) is 0 Å². The van der Waals surface area contributed by atoms with Gasteiger partial charge in [0.15, 0.2) is 0 Å². The van der Waals surface area contributed by atoms with Crippen molar-refractivity contribution in [3.05, 3.63) is 30.3 Å². The Labute approximate surface area is 102 Å². The molecular formula is C14H19NO2. The van der Waals surface area contributed by atoms with Gasteiger partial charge in [0, 0.05) is 18.2 Å². The van der Waals surface area contributed by atoms with Crippen molar-refractivity contribution in [1.82, 2.24) is 0 Å². The molecule has 0 saturated heterocycles. The predicted molar refractivity (Wildman–Crippen MR) is 68.1 cm³/mol.